The maximum atomic E-state index is 8.35. The van der Waals surface area contributed by atoms with Crippen LogP contribution < -0.4 is 0 Å². The minimum Gasteiger partial charge on any atom is -0.545 e. The monoisotopic (exact) mass is 842 g/mol. The molecule has 0 spiro atoms. The number of fused-ring (bicyclic) bond motifs is 36. The van der Waals surface area contributed by atoms with E-state index in [9.17, 15) is 0 Å². The fraction of sp³-hybridized carbons (Fsp3) is 0.652. The van der Waals surface area contributed by atoms with Gasteiger partial charge in [0.25, 0.3) is 0 Å². The molecule has 9 saturated carbocycles. The summed E-state index contributed by atoms with van der Waals surface area (Å²) in [4.78, 5) is 33.4. The van der Waals surface area contributed by atoms with E-state index in [1.807, 2.05) is 0 Å². The summed E-state index contributed by atoms with van der Waals surface area (Å²) in [6, 6.07) is 0. The van der Waals surface area contributed by atoms with Crippen molar-refractivity contribution in [1.29, 1.82) is 10.6 Å². The zero-order valence-electron chi connectivity index (χ0n) is 37.3. The Bertz CT molecular complexity index is 1560. The van der Waals surface area contributed by atoms with Crippen LogP contribution in [0.5, 0.6) is 0 Å². The molecular formula is C46H54B2N2Ni2O4. The van der Waals surface area contributed by atoms with E-state index in [2.05, 4.69) is 98.8 Å². The molecular weight excluding hydrogens is 784 g/mol. The summed E-state index contributed by atoms with van der Waals surface area (Å²) < 4.78 is 32.8. The zero-order valence-corrected chi connectivity index (χ0v) is 33.3. The van der Waals surface area contributed by atoms with Gasteiger partial charge >= 0.3 is 61.7 Å². The molecule has 56 heavy (non-hydrogen) atoms. The van der Waals surface area contributed by atoms with Gasteiger partial charge in [0.15, 0.2) is 0 Å². The second-order valence-corrected chi connectivity index (χ2v) is 18.6. The van der Waals surface area contributed by atoms with Gasteiger partial charge < -0.3 is 19.2 Å². The molecule has 2 N–H and O–H groups in total. The Morgan fingerprint density at radius 1 is 0.375 bits per heavy atom. The first-order chi connectivity index (χ1) is 29.3. The molecule has 2 radical (unpaired) electrons. The van der Waals surface area contributed by atoms with Crippen LogP contribution in [-0.4, -0.2) is 42.3 Å². The van der Waals surface area contributed by atoms with Crippen LogP contribution in [0, 0.1) is 153 Å². The Balaban J connectivity index is 0.000000155. The normalized spacial score (nSPS) is 53.8. The number of rotatable bonds is 0. The Labute approximate surface area is 365 Å². The van der Waals surface area contributed by atoms with Gasteiger partial charge in [-0.3, -0.25) is 27.1 Å². The third kappa shape index (κ3) is 6.13. The largest absolute Gasteiger partial charge is 2.00 e. The summed E-state index contributed by atoms with van der Waals surface area (Å²) in [5, 5.41) is 4.50. The molecule has 0 aliphatic heterocycles. The molecule has 9 fully saturated rings. The first-order valence-corrected chi connectivity index (χ1v) is 20.2. The molecule has 12 bridgehead atoms. The number of hydrogen-bond acceptors (Lipinski definition) is 6. The Kier molecular flexibility index (Phi) is 12.1. The molecule has 15 rings (SSSR count). The van der Waals surface area contributed by atoms with Crippen LogP contribution >= 0.6 is 0 Å². The van der Waals surface area contributed by atoms with Crippen LogP contribution in [-0.2, 0) is 52.2 Å². The number of carbonyl (C=O) groups excluding carboxylic acids is 4. The van der Waals surface area contributed by atoms with Crippen molar-refractivity contribution in [3.8, 4) is 0 Å². The van der Waals surface area contributed by atoms with E-state index in [1.165, 1.54) is 54.8 Å². The Hall–Kier alpha value is -2.16. The smallest absolute Gasteiger partial charge is 0.545 e. The van der Waals surface area contributed by atoms with Gasteiger partial charge in [0, 0.05) is 0 Å². The molecule has 0 amide bonds. The molecule has 0 atom stereocenters. The fourth-order valence-corrected chi connectivity index (χ4v) is 17.6. The number of nitrogens with one attached hydrogen (secondary N) is 2. The summed E-state index contributed by atoms with van der Waals surface area (Å²) in [5.41, 5.74) is 0. The molecule has 15 aliphatic carbocycles. The van der Waals surface area contributed by atoms with Crippen molar-refractivity contribution >= 4 is 42.3 Å². The fourth-order valence-electron chi connectivity index (χ4n) is 17.6. The second-order valence-electron chi connectivity index (χ2n) is 18.6. The van der Waals surface area contributed by atoms with E-state index in [0.29, 0.717) is 0 Å². The van der Waals surface area contributed by atoms with E-state index in [1.54, 1.807) is 19.3 Å². The summed E-state index contributed by atoms with van der Waals surface area (Å²) >= 11 is 0. The van der Waals surface area contributed by atoms with Gasteiger partial charge in [-0.15, -0.1) is 0 Å². The summed E-state index contributed by atoms with van der Waals surface area (Å²) in [6.07, 6.45) is 39.0. The van der Waals surface area contributed by atoms with Crippen LogP contribution in [0.15, 0.2) is 72.9 Å². The molecule has 0 saturated heterocycles. The molecule has 0 aromatic rings. The van der Waals surface area contributed by atoms with Gasteiger partial charge in [-0.05, 0) is 181 Å². The van der Waals surface area contributed by atoms with Crippen molar-refractivity contribution < 1.29 is 60.5 Å². The molecule has 15 aliphatic rings. The van der Waals surface area contributed by atoms with Crippen LogP contribution in [0.25, 0.3) is 0 Å². The molecule has 0 unspecified atom stereocenters. The second kappa shape index (κ2) is 18.4. The SMILES string of the molecule is C1=CC2C=CC1C2.C1=CC2CC1C1C2C2C3C=CC(C3)C12.C1=CC2CC1C1C2C2C3CC(C12)C1C2C4C=CC(C4)C2C31.[2H]N=[B].[2H]N=[B].[2H][C-]=O.[2H][C-]=O.[2H][C-]=O.[2H][C-]=O.[Ni+2].[Ni+2]. The van der Waals surface area contributed by atoms with Gasteiger partial charge in [-0.2, -0.15) is 5.48 Å². The minimum absolute atomic E-state index is 0. The Morgan fingerprint density at radius 3 is 0.714 bits per heavy atom. The van der Waals surface area contributed by atoms with E-state index >= 15 is 0 Å². The molecule has 6 nitrogen and oxygen atoms in total. The van der Waals surface area contributed by atoms with Gasteiger partial charge in [0.05, 0.1) is 0 Å². The van der Waals surface area contributed by atoms with Crippen LogP contribution in [0.4, 0.5) is 0 Å². The third-order valence-corrected chi connectivity index (χ3v) is 18.2. The third-order valence-electron chi connectivity index (χ3n) is 18.2. The van der Waals surface area contributed by atoms with E-state index in [4.69, 9.17) is 27.5 Å². The molecule has 10 heteroatoms. The predicted octanol–water partition coefficient (Wildman–Crippen LogP) is 7.36. The van der Waals surface area contributed by atoms with Crippen LogP contribution in [0.2, 0.25) is 2.82 Å². The number of allylic oxidation sites excluding steroid dienone is 12. The van der Waals surface area contributed by atoms with Gasteiger partial charge in [0.2, 0.25) is 0 Å². The predicted molar refractivity (Wildman–Crippen MR) is 210 cm³/mol. The van der Waals surface area contributed by atoms with Crippen molar-refractivity contribution in [2.75, 3.05) is 0 Å². The first kappa shape index (κ1) is 36.9. The van der Waals surface area contributed by atoms with Crippen LogP contribution in [0.1, 0.15) is 44.0 Å². The maximum absolute atomic E-state index is 8.35. The average molecular weight is 844 g/mol. The topological polar surface area (TPSA) is 116 Å². The summed E-state index contributed by atoms with van der Waals surface area (Å²) in [5.74, 6) is 26.0. The van der Waals surface area contributed by atoms with Crippen molar-refractivity contribution in [1.82, 2.24) is 0 Å². The van der Waals surface area contributed by atoms with Crippen molar-refractivity contribution in [2.24, 2.45) is 142 Å². The maximum Gasteiger partial charge on any atom is 2.00 e. The number of hydrogen-bond donors (Lipinski definition) is 2. The van der Waals surface area contributed by atoms with Crippen molar-refractivity contribution in [2.45, 2.75) is 38.5 Å². The zero-order chi connectivity index (χ0) is 42.8. The van der Waals surface area contributed by atoms with E-state index in [0.717, 1.165) is 134 Å². The van der Waals surface area contributed by atoms with Crippen LogP contribution in [0.3, 0.4) is 0 Å². The average Bonchev–Trinajstić information content (AvgIpc) is 4.03. The Morgan fingerprint density at radius 2 is 0.554 bits per heavy atom. The van der Waals surface area contributed by atoms with Crippen molar-refractivity contribution in [3.05, 3.63) is 72.9 Å². The van der Waals surface area contributed by atoms with E-state index in [-0.39, 0.29) is 33.0 Å². The van der Waals surface area contributed by atoms with Gasteiger partial charge in [-0.1, -0.05) is 72.9 Å². The van der Waals surface area contributed by atoms with Gasteiger partial charge in [0.1, 0.15) is 0 Å². The molecule has 298 valence electrons. The van der Waals surface area contributed by atoms with Gasteiger partial charge in [-0.25, -0.2) is 0 Å². The summed E-state index contributed by atoms with van der Waals surface area (Å²) in [6.45, 7) is 3.00. The molecule has 0 aromatic carbocycles. The molecule has 0 heterocycles. The van der Waals surface area contributed by atoms with E-state index < -0.39 is 0 Å². The first-order valence-electron chi connectivity index (χ1n) is 23.1. The quantitative estimate of drug-likeness (QED) is 0.0872. The molecule has 0 aromatic heterocycles. The standard InChI is InChI=1S/C21H24.C14H16.C7H8.4CHO.2BHN.2Ni/c1-2-9-5-8(1)14-15(9)19-13-7-12(18(14)19)20-16-10-3-4-11(6-10)17(16)21(13)20;1-2-8-5-7(1)11-12(8)14-10-4-3-9(6-10)13(11)14;1-2-7-4-3-6(1)5-7;6*1-2;;/h1-4,8-21H,5-7H2;1-4,7-14H,5-6H2;1-4,6-7H,5H2;4*1H;2*2H;;/q;;;4*-1;;;2*+2/i;;;4*1D;2*2D;;. The van der Waals surface area contributed by atoms with Crippen molar-refractivity contribution in [3.63, 3.8) is 0 Å². The summed E-state index contributed by atoms with van der Waals surface area (Å²) in [7, 11) is 8.28. The minimum atomic E-state index is 0.